The van der Waals surface area contributed by atoms with E-state index in [1.54, 1.807) is 115 Å². The normalized spacial score (nSPS) is 15.2. The molecular weight excluding hydrogens is 617 g/mol. The predicted molar refractivity (Wildman–Crippen MR) is 162 cm³/mol. The Labute approximate surface area is 234 Å². The van der Waals surface area contributed by atoms with Crippen LogP contribution in [0.1, 0.15) is 10.4 Å². The molecule has 1 heterocycles. The first kappa shape index (κ1) is 27.5. The molecule has 0 N–H and O–H groups in total. The third-order valence-electron chi connectivity index (χ3n) is 6.45. The Morgan fingerprint density at radius 1 is 0.615 bits per heavy atom. The number of benzene rings is 4. The van der Waals surface area contributed by atoms with Gasteiger partial charge in [-0.2, -0.15) is 0 Å². The molecule has 0 radical (unpaired) electrons. The van der Waals surface area contributed by atoms with Gasteiger partial charge in [0.15, 0.2) is 10.4 Å². The van der Waals surface area contributed by atoms with Crippen molar-refractivity contribution in [3.63, 3.8) is 0 Å². The fourth-order valence-electron chi connectivity index (χ4n) is 4.53. The second-order valence-corrected chi connectivity index (χ2v) is 17.0. The first-order chi connectivity index (χ1) is 18.9. The third-order valence-corrected chi connectivity index (χ3v) is 16.7. The molecule has 0 aliphatic heterocycles. The number of carbonyl (C=O) groups is 1. The van der Waals surface area contributed by atoms with Crippen LogP contribution in [0.15, 0.2) is 129 Å². The van der Waals surface area contributed by atoms with E-state index in [0.29, 0.717) is 5.39 Å². The van der Waals surface area contributed by atoms with Crippen LogP contribution >= 0.6 is 39.3 Å². The second-order valence-electron chi connectivity index (χ2n) is 8.74. The highest BCUT2D eigenvalue weighted by atomic mass is 79.9. The summed E-state index contributed by atoms with van der Waals surface area (Å²) in [6, 6.07) is 31.0. The van der Waals surface area contributed by atoms with Gasteiger partial charge in [-0.1, -0.05) is 109 Å². The van der Waals surface area contributed by atoms with E-state index in [1.165, 1.54) is 0 Å². The Hall–Kier alpha value is -3.07. The van der Waals surface area contributed by atoms with Crippen LogP contribution < -0.4 is 21.5 Å². The van der Waals surface area contributed by atoms with Crippen LogP contribution in [-0.2, 0) is 13.7 Å². The molecular formula is C29H22BrO6P3. The van der Waals surface area contributed by atoms with Crippen LogP contribution in [0.5, 0.6) is 0 Å². The fourth-order valence-corrected chi connectivity index (χ4v) is 14.0. The summed E-state index contributed by atoms with van der Waals surface area (Å²) < 4.78 is 47.2. The SMILES string of the molecule is O=C(c1c(Br)c2ccccc2oc1=O)C([PH](=O)c1ccccc1)([PH](=O)c1ccccc1)[PH](=O)c1ccccc1. The van der Waals surface area contributed by atoms with Gasteiger partial charge in [-0.05, 0) is 22.0 Å². The summed E-state index contributed by atoms with van der Waals surface area (Å²) >= 11 is 3.39. The highest BCUT2D eigenvalue weighted by molar-refractivity contribution is 9.10. The van der Waals surface area contributed by atoms with Crippen molar-refractivity contribution in [3.8, 4) is 0 Å². The molecule has 1 aromatic heterocycles. The van der Waals surface area contributed by atoms with Crippen LogP contribution in [0.25, 0.3) is 11.0 Å². The van der Waals surface area contributed by atoms with Gasteiger partial charge in [-0.15, -0.1) is 0 Å². The molecule has 0 fully saturated rings. The molecule has 0 aliphatic rings. The predicted octanol–water partition coefficient (Wildman–Crippen LogP) is 6.05. The van der Waals surface area contributed by atoms with Gasteiger partial charge in [-0.3, -0.25) is 4.79 Å². The maximum absolute atomic E-state index is 14.8. The minimum Gasteiger partial charge on any atom is -0.422 e. The van der Waals surface area contributed by atoms with Gasteiger partial charge in [-0.25, -0.2) is 4.79 Å². The Kier molecular flexibility index (Phi) is 8.16. The molecule has 3 atom stereocenters. The fraction of sp³-hybridized carbons (Fsp3) is 0.0345. The first-order valence-corrected chi connectivity index (χ1v) is 16.9. The van der Waals surface area contributed by atoms with E-state index in [1.807, 2.05) is 0 Å². The van der Waals surface area contributed by atoms with Crippen LogP contribution in [0.2, 0.25) is 0 Å². The molecule has 10 heteroatoms. The number of halogens is 1. The molecule has 196 valence electrons. The molecule has 0 bridgehead atoms. The van der Waals surface area contributed by atoms with Crippen molar-refractivity contribution in [1.82, 2.24) is 0 Å². The number of para-hydroxylation sites is 1. The van der Waals surface area contributed by atoms with E-state index < -0.39 is 45.0 Å². The molecule has 0 amide bonds. The van der Waals surface area contributed by atoms with E-state index in [-0.39, 0.29) is 26.0 Å². The standard InChI is InChI=1S/C29H22BrO6P3/c30-26-23-18-10-11-19-24(23)36-28(32)25(26)27(31)29(37(33)20-12-4-1-5-13-20,38(34)21-14-6-2-7-15-21)39(35)22-16-8-3-9-17-22/h1-19,37-39H. The summed E-state index contributed by atoms with van der Waals surface area (Å²) in [6.45, 7) is 0. The van der Waals surface area contributed by atoms with Gasteiger partial charge in [0.25, 0.3) is 0 Å². The Balaban J connectivity index is 1.89. The number of fused-ring (bicyclic) bond motifs is 1. The minimum absolute atomic E-state index is 0.109. The van der Waals surface area contributed by atoms with E-state index in [0.717, 1.165) is 0 Å². The van der Waals surface area contributed by atoms with Gasteiger partial charge < -0.3 is 18.1 Å². The molecule has 0 aliphatic carbocycles. The number of hydrogen-bond donors (Lipinski definition) is 0. The molecule has 5 aromatic rings. The van der Waals surface area contributed by atoms with Crippen LogP contribution in [-0.4, -0.2) is 10.4 Å². The van der Waals surface area contributed by atoms with E-state index in [2.05, 4.69) is 15.9 Å². The number of hydrogen-bond acceptors (Lipinski definition) is 6. The summed E-state index contributed by atoms with van der Waals surface area (Å²) in [7, 11) is -10.3. The lowest BCUT2D eigenvalue weighted by Crippen LogP contribution is -2.38. The zero-order valence-electron chi connectivity index (χ0n) is 20.3. The molecule has 4 aromatic carbocycles. The summed E-state index contributed by atoms with van der Waals surface area (Å²) in [4.78, 5) is 28.1. The van der Waals surface area contributed by atoms with Crippen molar-refractivity contribution in [1.29, 1.82) is 0 Å². The Bertz CT molecular complexity index is 1680. The number of rotatable bonds is 8. The quantitative estimate of drug-likeness (QED) is 0.117. The number of Topliss-reactive ketones (excluding diaryl/α,β-unsaturated/α-hetero) is 1. The summed E-state index contributed by atoms with van der Waals surface area (Å²) in [6.07, 6.45) is 0. The average molecular weight is 639 g/mol. The maximum Gasteiger partial charge on any atom is 0.348 e. The Morgan fingerprint density at radius 2 is 1.00 bits per heavy atom. The van der Waals surface area contributed by atoms with Gasteiger partial charge in [0.05, 0.1) is 0 Å². The monoisotopic (exact) mass is 638 g/mol. The molecule has 3 unspecified atom stereocenters. The maximum atomic E-state index is 14.8. The molecule has 6 nitrogen and oxygen atoms in total. The lowest BCUT2D eigenvalue weighted by Gasteiger charge is -2.31. The minimum atomic E-state index is -3.42. The zero-order valence-corrected chi connectivity index (χ0v) is 24.9. The lowest BCUT2D eigenvalue weighted by molar-refractivity contribution is 0.0993. The van der Waals surface area contributed by atoms with E-state index >= 15 is 0 Å². The summed E-state index contributed by atoms with van der Waals surface area (Å²) in [5.41, 5.74) is -1.23. The second kappa shape index (κ2) is 11.6. The van der Waals surface area contributed by atoms with Crippen LogP contribution in [0.4, 0.5) is 0 Å². The molecule has 39 heavy (non-hydrogen) atoms. The summed E-state index contributed by atoms with van der Waals surface area (Å²) in [5, 5.41) is 1.13. The van der Waals surface area contributed by atoms with Gasteiger partial charge in [0.2, 0.25) is 0 Å². The van der Waals surface area contributed by atoms with E-state index in [4.69, 9.17) is 4.42 Å². The smallest absolute Gasteiger partial charge is 0.348 e. The van der Waals surface area contributed by atoms with Crippen molar-refractivity contribution in [2.45, 2.75) is 4.64 Å². The highest BCUT2D eigenvalue weighted by Crippen LogP contribution is 2.68. The number of ketones is 1. The first-order valence-electron chi connectivity index (χ1n) is 11.9. The van der Waals surface area contributed by atoms with Gasteiger partial charge in [0.1, 0.15) is 34.5 Å². The highest BCUT2D eigenvalue weighted by Gasteiger charge is 2.57. The van der Waals surface area contributed by atoms with Crippen molar-refractivity contribution in [2.75, 3.05) is 0 Å². The van der Waals surface area contributed by atoms with Gasteiger partial charge in [0, 0.05) is 25.8 Å². The summed E-state index contributed by atoms with van der Waals surface area (Å²) in [5.74, 6) is -1.03. The lowest BCUT2D eigenvalue weighted by atomic mass is 10.1. The van der Waals surface area contributed by atoms with Crippen LogP contribution in [0.3, 0.4) is 0 Å². The average Bonchev–Trinajstić information content (AvgIpc) is 2.98. The largest absolute Gasteiger partial charge is 0.422 e. The zero-order chi connectivity index (χ0) is 27.6. The topological polar surface area (TPSA) is 98.5 Å². The molecule has 0 spiro atoms. The van der Waals surface area contributed by atoms with Crippen molar-refractivity contribution in [2.24, 2.45) is 0 Å². The Morgan fingerprint density at radius 3 is 1.44 bits per heavy atom. The van der Waals surface area contributed by atoms with Crippen molar-refractivity contribution < 1.29 is 22.9 Å². The molecule has 0 saturated heterocycles. The van der Waals surface area contributed by atoms with Gasteiger partial charge >= 0.3 is 5.63 Å². The van der Waals surface area contributed by atoms with E-state index in [9.17, 15) is 23.3 Å². The van der Waals surface area contributed by atoms with Crippen molar-refractivity contribution in [3.05, 3.63) is 136 Å². The van der Waals surface area contributed by atoms with Crippen LogP contribution in [0, 0.1) is 0 Å². The van der Waals surface area contributed by atoms with Crippen molar-refractivity contribution >= 4 is 72.0 Å². The third kappa shape index (κ3) is 4.90. The molecule has 5 rings (SSSR count). The number of carbonyl (C=O) groups excluding carboxylic acids is 1. The molecule has 0 saturated carbocycles.